The zero-order chi connectivity index (χ0) is 8.91. The molecule has 0 bridgehead atoms. The smallest absolute Gasteiger partial charge is 0.321 e. The number of aliphatic carboxylic acids is 1. The van der Waals surface area contributed by atoms with E-state index in [-0.39, 0.29) is 0 Å². The highest BCUT2D eigenvalue weighted by molar-refractivity contribution is 5.77. The van der Waals surface area contributed by atoms with Gasteiger partial charge in [0.1, 0.15) is 0 Å². The molecule has 0 aliphatic rings. The molecule has 0 amide bonds. The first-order valence-corrected chi connectivity index (χ1v) is 2.42. The molecule has 0 aromatic carbocycles. The van der Waals surface area contributed by atoms with Gasteiger partial charge < -0.3 is 5.11 Å². The first-order chi connectivity index (χ1) is 5.06. The van der Waals surface area contributed by atoms with E-state index in [1.165, 1.54) is 0 Å². The number of hydrogen-bond acceptors (Lipinski definition) is 3. The third-order valence-electron chi connectivity index (χ3n) is 0.884. The maximum absolute atomic E-state index is 10.3. The van der Waals surface area contributed by atoms with Crippen LogP contribution in [0.15, 0.2) is 10.2 Å². The average molecular weight is 156 g/mol. The minimum atomic E-state index is -2.07. The molecule has 0 atom stereocenters. The summed E-state index contributed by atoms with van der Waals surface area (Å²) in [6, 6.07) is 0. The number of rotatable bonds is 3. The van der Waals surface area contributed by atoms with Crippen molar-refractivity contribution in [3.63, 3.8) is 0 Å². The Kier molecular flexibility index (Phi) is 2.73. The molecular weight excluding hydrogens is 152 g/mol. The quantitative estimate of drug-likeness (QED) is 0.375. The van der Waals surface area contributed by atoms with Gasteiger partial charge in [-0.15, -0.1) is 0 Å². The largest absolute Gasteiger partial charge is 0.481 e. The molecule has 1 N–H and O–H groups in total. The van der Waals surface area contributed by atoms with Crippen molar-refractivity contribution in [2.24, 2.45) is 10.2 Å². The molecular formula is C3H4N6O2. The van der Waals surface area contributed by atoms with E-state index in [9.17, 15) is 4.79 Å². The van der Waals surface area contributed by atoms with E-state index >= 15 is 0 Å². The summed E-state index contributed by atoms with van der Waals surface area (Å²) in [7, 11) is 0. The highest BCUT2D eigenvalue weighted by Crippen LogP contribution is 2.12. The SMILES string of the molecule is CC(N=[N+]=[N-])(N=[N+]=[N-])C(=O)O. The number of carboxylic acids is 1. The highest BCUT2D eigenvalue weighted by Gasteiger charge is 2.30. The van der Waals surface area contributed by atoms with Crippen molar-refractivity contribution in [1.29, 1.82) is 0 Å². The van der Waals surface area contributed by atoms with Crippen LogP contribution in [0.4, 0.5) is 0 Å². The minimum absolute atomic E-state index is 0.995. The molecule has 0 fully saturated rings. The number of azide groups is 1. The first kappa shape index (κ1) is 9.09. The topological polar surface area (TPSA) is 135 Å². The van der Waals surface area contributed by atoms with Crippen LogP contribution >= 0.6 is 0 Å². The maximum atomic E-state index is 10.3. The van der Waals surface area contributed by atoms with Crippen LogP contribution in [0.2, 0.25) is 0 Å². The Morgan fingerprint density at radius 1 is 1.45 bits per heavy atom. The van der Waals surface area contributed by atoms with Crippen molar-refractivity contribution >= 4 is 5.97 Å². The third kappa shape index (κ3) is 2.05. The summed E-state index contributed by atoms with van der Waals surface area (Å²) >= 11 is 0. The van der Waals surface area contributed by atoms with Gasteiger partial charge in [0, 0.05) is 9.82 Å². The molecule has 0 aromatic rings. The van der Waals surface area contributed by atoms with Crippen LogP contribution in [0.3, 0.4) is 0 Å². The Bertz CT molecular complexity index is 235. The van der Waals surface area contributed by atoms with Gasteiger partial charge in [0.2, 0.25) is 5.66 Å². The van der Waals surface area contributed by atoms with Gasteiger partial charge in [-0.05, 0) is 18.0 Å². The molecule has 0 aliphatic carbocycles. The molecule has 0 unspecified atom stereocenters. The zero-order valence-corrected chi connectivity index (χ0v) is 5.54. The van der Waals surface area contributed by atoms with Crippen molar-refractivity contribution in [1.82, 2.24) is 0 Å². The summed E-state index contributed by atoms with van der Waals surface area (Å²) in [5.74, 6) is -1.49. The summed E-state index contributed by atoms with van der Waals surface area (Å²) < 4.78 is 0. The Labute approximate surface area is 60.7 Å². The van der Waals surface area contributed by atoms with Crippen molar-refractivity contribution in [3.05, 3.63) is 20.9 Å². The lowest BCUT2D eigenvalue weighted by Crippen LogP contribution is -2.29. The Hall–Kier alpha value is -1.91. The fourth-order valence-corrected chi connectivity index (χ4v) is 0.280. The van der Waals surface area contributed by atoms with Gasteiger partial charge in [0.05, 0.1) is 0 Å². The van der Waals surface area contributed by atoms with Crippen LogP contribution < -0.4 is 0 Å². The van der Waals surface area contributed by atoms with Crippen LogP contribution in [0.25, 0.3) is 20.9 Å². The second-order valence-electron chi connectivity index (χ2n) is 1.70. The zero-order valence-electron chi connectivity index (χ0n) is 5.54. The Morgan fingerprint density at radius 3 is 2.00 bits per heavy atom. The van der Waals surface area contributed by atoms with Crippen molar-refractivity contribution in [2.75, 3.05) is 0 Å². The van der Waals surface area contributed by atoms with Crippen LogP contribution in [0.1, 0.15) is 6.92 Å². The molecule has 0 saturated heterocycles. The normalized spacial score (nSPS) is 13.5. The van der Waals surface area contributed by atoms with Crippen molar-refractivity contribution in [3.8, 4) is 0 Å². The summed E-state index contributed by atoms with van der Waals surface area (Å²) in [5.41, 5.74) is 13.7. The molecule has 58 valence electrons. The van der Waals surface area contributed by atoms with E-state index in [0.29, 0.717) is 0 Å². The lowest BCUT2D eigenvalue weighted by Gasteiger charge is -2.08. The highest BCUT2D eigenvalue weighted by atomic mass is 16.4. The van der Waals surface area contributed by atoms with E-state index in [2.05, 4.69) is 20.1 Å². The fourth-order valence-electron chi connectivity index (χ4n) is 0.280. The summed E-state index contributed by atoms with van der Waals surface area (Å²) in [4.78, 5) is 14.7. The molecule has 0 heterocycles. The molecule has 8 heteroatoms. The fraction of sp³-hybridized carbons (Fsp3) is 0.667. The molecule has 0 spiro atoms. The first-order valence-electron chi connectivity index (χ1n) is 2.42. The van der Waals surface area contributed by atoms with Gasteiger partial charge in [-0.2, -0.15) is 0 Å². The van der Waals surface area contributed by atoms with E-state index in [0.717, 1.165) is 6.92 Å². The molecule has 8 nitrogen and oxygen atoms in total. The van der Waals surface area contributed by atoms with E-state index in [1.807, 2.05) is 0 Å². The molecule has 11 heavy (non-hydrogen) atoms. The van der Waals surface area contributed by atoms with Crippen LogP contribution in [-0.4, -0.2) is 16.7 Å². The number of nitrogens with zero attached hydrogens (tertiary/aromatic N) is 6. The standard InChI is InChI=1S/C3H4N6O2/c1-3(2(10)11,6-8-4)7-9-5/h1H3,(H,10,11). The summed E-state index contributed by atoms with van der Waals surface area (Å²) in [6.45, 7) is 0.995. The minimum Gasteiger partial charge on any atom is -0.481 e. The maximum Gasteiger partial charge on any atom is 0.321 e. The molecule has 0 aromatic heterocycles. The van der Waals surface area contributed by atoms with Crippen LogP contribution in [0.5, 0.6) is 0 Å². The van der Waals surface area contributed by atoms with Crippen LogP contribution in [0, 0.1) is 0 Å². The third-order valence-corrected chi connectivity index (χ3v) is 0.884. The van der Waals surface area contributed by atoms with Crippen molar-refractivity contribution < 1.29 is 9.90 Å². The lowest BCUT2D eigenvalue weighted by molar-refractivity contribution is -0.142. The van der Waals surface area contributed by atoms with E-state index in [1.54, 1.807) is 0 Å². The average Bonchev–Trinajstić information content (AvgIpc) is 1.88. The van der Waals surface area contributed by atoms with Gasteiger partial charge in [-0.1, -0.05) is 10.2 Å². The van der Waals surface area contributed by atoms with Crippen LogP contribution in [-0.2, 0) is 4.79 Å². The Balaban J connectivity index is 4.95. The van der Waals surface area contributed by atoms with Gasteiger partial charge in [-0.25, -0.2) is 0 Å². The molecule has 0 saturated carbocycles. The predicted octanol–water partition coefficient (Wildman–Crippen LogP) is 1.41. The second-order valence-corrected chi connectivity index (χ2v) is 1.70. The summed E-state index contributed by atoms with van der Waals surface area (Å²) in [6.07, 6.45) is 0. The predicted molar refractivity (Wildman–Crippen MR) is 34.3 cm³/mol. The lowest BCUT2D eigenvalue weighted by atomic mass is 10.2. The van der Waals surface area contributed by atoms with Gasteiger partial charge in [0.25, 0.3) is 0 Å². The molecule has 0 rings (SSSR count). The van der Waals surface area contributed by atoms with Gasteiger partial charge >= 0.3 is 5.97 Å². The van der Waals surface area contributed by atoms with E-state index < -0.39 is 11.6 Å². The summed E-state index contributed by atoms with van der Waals surface area (Å²) in [5, 5.41) is 14.0. The number of carboxylic acid groups (broad SMARTS) is 1. The molecule has 0 aliphatic heterocycles. The van der Waals surface area contributed by atoms with Crippen molar-refractivity contribution in [2.45, 2.75) is 12.6 Å². The second kappa shape index (κ2) is 3.31. The van der Waals surface area contributed by atoms with Gasteiger partial charge in [0.15, 0.2) is 0 Å². The Morgan fingerprint density at radius 2 is 1.82 bits per heavy atom. The number of hydrogen-bond donors (Lipinski definition) is 1. The number of carbonyl (C=O) groups is 1. The van der Waals surface area contributed by atoms with Gasteiger partial charge in [-0.3, -0.25) is 4.79 Å². The molecule has 0 radical (unpaired) electrons. The monoisotopic (exact) mass is 156 g/mol. The van der Waals surface area contributed by atoms with E-state index in [4.69, 9.17) is 16.2 Å².